The van der Waals surface area contributed by atoms with Crippen LogP contribution >= 0.6 is 0 Å². The van der Waals surface area contributed by atoms with Gasteiger partial charge in [-0.05, 0) is 24.8 Å². The average Bonchev–Trinajstić information content (AvgIpc) is 2.81. The van der Waals surface area contributed by atoms with Crippen molar-refractivity contribution in [1.29, 1.82) is 0 Å². The van der Waals surface area contributed by atoms with Gasteiger partial charge in [-0.15, -0.1) is 0 Å². The zero-order valence-corrected chi connectivity index (χ0v) is 8.16. The monoisotopic (exact) mass is 180 g/mol. The molecule has 2 rings (SSSR count). The van der Waals surface area contributed by atoms with Crippen LogP contribution in [0.2, 0.25) is 0 Å². The Morgan fingerprint density at radius 3 is 2.62 bits per heavy atom. The molecule has 0 aromatic carbocycles. The largest absolute Gasteiger partial charge is 0.444 e. The number of hydrogen-bond acceptors (Lipinski definition) is 3. The molecule has 1 heterocycles. The van der Waals surface area contributed by atoms with Gasteiger partial charge in [-0.25, -0.2) is 0 Å². The van der Waals surface area contributed by atoms with E-state index in [0.717, 1.165) is 11.6 Å². The van der Waals surface area contributed by atoms with E-state index in [2.05, 4.69) is 0 Å². The molecule has 1 aliphatic carbocycles. The molecule has 1 atom stereocenters. The highest BCUT2D eigenvalue weighted by Crippen LogP contribution is 2.40. The molecule has 0 amide bonds. The molecule has 0 spiro atoms. The molecule has 1 saturated carbocycles. The first kappa shape index (κ1) is 8.63. The van der Waals surface area contributed by atoms with Crippen molar-refractivity contribution in [3.8, 4) is 0 Å². The topological polar surface area (TPSA) is 42.4 Å². The van der Waals surface area contributed by atoms with E-state index in [0.29, 0.717) is 5.92 Å². The lowest BCUT2D eigenvalue weighted by Crippen LogP contribution is -2.11. The van der Waals surface area contributed by atoms with E-state index in [4.69, 9.17) is 10.2 Å². The minimum absolute atomic E-state index is 0.105. The van der Waals surface area contributed by atoms with Crippen molar-refractivity contribution < 1.29 is 4.42 Å². The van der Waals surface area contributed by atoms with E-state index in [1.165, 1.54) is 12.8 Å². The second kappa shape index (κ2) is 3.07. The van der Waals surface area contributed by atoms with Crippen molar-refractivity contribution in [2.24, 2.45) is 11.7 Å². The van der Waals surface area contributed by atoms with Crippen LogP contribution in [-0.4, -0.2) is 14.1 Å². The van der Waals surface area contributed by atoms with Crippen LogP contribution in [0.1, 0.15) is 24.6 Å². The Bertz CT molecular complexity index is 289. The van der Waals surface area contributed by atoms with E-state index < -0.39 is 0 Å². The van der Waals surface area contributed by atoms with E-state index in [9.17, 15) is 0 Å². The van der Waals surface area contributed by atoms with E-state index >= 15 is 0 Å². The number of nitrogens with two attached hydrogens (primary N) is 1. The summed E-state index contributed by atoms with van der Waals surface area (Å²) in [5.74, 6) is 2.46. The summed E-state index contributed by atoms with van der Waals surface area (Å²) in [4.78, 5) is 1.95. The predicted molar refractivity (Wildman–Crippen MR) is 52.7 cm³/mol. The first-order chi connectivity index (χ1) is 6.18. The lowest BCUT2D eigenvalue weighted by molar-refractivity contribution is 0.445. The molecule has 0 radical (unpaired) electrons. The Balaban J connectivity index is 2.11. The summed E-state index contributed by atoms with van der Waals surface area (Å²) < 4.78 is 5.61. The molecule has 1 fully saturated rings. The first-order valence-electron chi connectivity index (χ1n) is 4.71. The maximum Gasteiger partial charge on any atom is 0.195 e. The van der Waals surface area contributed by atoms with Gasteiger partial charge in [0.05, 0.1) is 6.04 Å². The maximum absolute atomic E-state index is 6.00. The number of anilines is 1. The molecule has 0 saturated heterocycles. The smallest absolute Gasteiger partial charge is 0.195 e. The summed E-state index contributed by atoms with van der Waals surface area (Å²) in [6.45, 7) is 0. The molecule has 1 aliphatic rings. The summed E-state index contributed by atoms with van der Waals surface area (Å²) in [6.07, 6.45) is 2.50. The summed E-state index contributed by atoms with van der Waals surface area (Å²) in [7, 11) is 3.93. The second-order valence-corrected chi connectivity index (χ2v) is 3.93. The van der Waals surface area contributed by atoms with Crippen molar-refractivity contribution in [2.75, 3.05) is 19.0 Å². The highest BCUT2D eigenvalue weighted by atomic mass is 16.4. The van der Waals surface area contributed by atoms with Gasteiger partial charge < -0.3 is 15.1 Å². The standard InChI is InChI=1S/C10H16N2O/c1-12(2)9-6-5-8(13-9)10(11)7-3-4-7/h5-7,10H,3-4,11H2,1-2H3/t10-/m0/s1. The SMILES string of the molecule is CN(C)c1ccc([C@@H](N)C2CC2)o1. The molecule has 2 N–H and O–H groups in total. The van der Waals surface area contributed by atoms with Crippen LogP contribution in [0.3, 0.4) is 0 Å². The third-order valence-corrected chi connectivity index (χ3v) is 2.51. The summed E-state index contributed by atoms with van der Waals surface area (Å²) in [6, 6.07) is 4.06. The first-order valence-corrected chi connectivity index (χ1v) is 4.71. The Labute approximate surface area is 78.5 Å². The predicted octanol–water partition coefficient (Wildman–Crippen LogP) is 1.76. The lowest BCUT2D eigenvalue weighted by atomic mass is 10.1. The minimum Gasteiger partial charge on any atom is -0.444 e. The van der Waals surface area contributed by atoms with Crippen molar-refractivity contribution >= 4 is 5.88 Å². The van der Waals surface area contributed by atoms with Gasteiger partial charge >= 0.3 is 0 Å². The quantitative estimate of drug-likeness (QED) is 0.770. The number of nitrogens with zero attached hydrogens (tertiary/aromatic N) is 1. The fourth-order valence-corrected chi connectivity index (χ4v) is 1.45. The number of hydrogen-bond donors (Lipinski definition) is 1. The third-order valence-electron chi connectivity index (χ3n) is 2.51. The summed E-state index contributed by atoms with van der Waals surface area (Å²) >= 11 is 0. The van der Waals surface area contributed by atoms with Gasteiger partial charge in [0.1, 0.15) is 5.76 Å². The van der Waals surface area contributed by atoms with Gasteiger partial charge in [0.15, 0.2) is 5.88 Å². The van der Waals surface area contributed by atoms with Gasteiger partial charge in [0.25, 0.3) is 0 Å². The van der Waals surface area contributed by atoms with Crippen LogP contribution in [0.4, 0.5) is 5.88 Å². The Hall–Kier alpha value is -0.960. The molecule has 72 valence electrons. The van der Waals surface area contributed by atoms with Crippen LogP contribution in [0, 0.1) is 5.92 Å². The average molecular weight is 180 g/mol. The Morgan fingerprint density at radius 2 is 2.15 bits per heavy atom. The maximum atomic E-state index is 6.00. The number of rotatable bonds is 3. The van der Waals surface area contributed by atoms with Crippen molar-refractivity contribution in [1.82, 2.24) is 0 Å². The fourth-order valence-electron chi connectivity index (χ4n) is 1.45. The molecule has 1 aromatic heterocycles. The number of furan rings is 1. The molecule has 0 unspecified atom stereocenters. The molecule has 3 nitrogen and oxygen atoms in total. The molecule has 0 aliphatic heterocycles. The Morgan fingerprint density at radius 1 is 1.46 bits per heavy atom. The highest BCUT2D eigenvalue weighted by molar-refractivity contribution is 5.34. The molecule has 1 aromatic rings. The van der Waals surface area contributed by atoms with E-state index in [-0.39, 0.29) is 6.04 Å². The van der Waals surface area contributed by atoms with E-state index in [1.807, 2.05) is 31.1 Å². The minimum atomic E-state index is 0.105. The zero-order chi connectivity index (χ0) is 9.42. The normalized spacial score (nSPS) is 18.7. The van der Waals surface area contributed by atoms with Crippen LogP contribution in [0.5, 0.6) is 0 Å². The summed E-state index contributed by atoms with van der Waals surface area (Å²) in [5, 5.41) is 0. The van der Waals surface area contributed by atoms with Gasteiger partial charge in [0.2, 0.25) is 0 Å². The van der Waals surface area contributed by atoms with Crippen molar-refractivity contribution in [3.05, 3.63) is 17.9 Å². The zero-order valence-electron chi connectivity index (χ0n) is 8.16. The van der Waals surface area contributed by atoms with Gasteiger partial charge in [-0.2, -0.15) is 0 Å². The second-order valence-electron chi connectivity index (χ2n) is 3.93. The molecule has 3 heteroatoms. The third kappa shape index (κ3) is 1.70. The van der Waals surface area contributed by atoms with Crippen LogP contribution in [-0.2, 0) is 0 Å². The molecule has 13 heavy (non-hydrogen) atoms. The fraction of sp³-hybridized carbons (Fsp3) is 0.600. The molecular formula is C10H16N2O. The van der Waals surface area contributed by atoms with Gasteiger partial charge in [-0.1, -0.05) is 0 Å². The van der Waals surface area contributed by atoms with Gasteiger partial charge in [0, 0.05) is 20.2 Å². The van der Waals surface area contributed by atoms with Crippen molar-refractivity contribution in [2.45, 2.75) is 18.9 Å². The molecule has 0 bridgehead atoms. The van der Waals surface area contributed by atoms with Crippen LogP contribution < -0.4 is 10.6 Å². The summed E-state index contributed by atoms with van der Waals surface area (Å²) in [5.41, 5.74) is 6.00. The van der Waals surface area contributed by atoms with Crippen molar-refractivity contribution in [3.63, 3.8) is 0 Å². The van der Waals surface area contributed by atoms with Gasteiger partial charge in [-0.3, -0.25) is 0 Å². The highest BCUT2D eigenvalue weighted by Gasteiger charge is 2.31. The molecular weight excluding hydrogens is 164 g/mol. The lowest BCUT2D eigenvalue weighted by Gasteiger charge is -2.09. The Kier molecular flexibility index (Phi) is 2.04. The van der Waals surface area contributed by atoms with Crippen LogP contribution in [0.15, 0.2) is 16.5 Å². The van der Waals surface area contributed by atoms with Crippen LogP contribution in [0.25, 0.3) is 0 Å². The van der Waals surface area contributed by atoms with E-state index in [1.54, 1.807) is 0 Å².